The fourth-order valence-electron chi connectivity index (χ4n) is 4.11. The monoisotopic (exact) mass is 472 g/mol. The van der Waals surface area contributed by atoms with Crippen molar-refractivity contribution in [1.29, 1.82) is 0 Å². The van der Waals surface area contributed by atoms with Crippen molar-refractivity contribution in [2.24, 2.45) is 0 Å². The van der Waals surface area contributed by atoms with E-state index in [0.717, 1.165) is 48.9 Å². The van der Waals surface area contributed by atoms with Crippen molar-refractivity contribution in [3.63, 3.8) is 0 Å². The number of fused-ring (bicyclic) bond motifs is 1. The zero-order valence-corrected chi connectivity index (χ0v) is 20.0. The summed E-state index contributed by atoms with van der Waals surface area (Å²) < 4.78 is 1.76. The molecule has 0 atom stereocenters. The average Bonchev–Trinajstić information content (AvgIpc) is 3.60. The lowest BCUT2D eigenvalue weighted by Gasteiger charge is -2.12. The Labute approximate surface area is 202 Å². The molecule has 0 radical (unpaired) electrons. The first-order valence-electron chi connectivity index (χ1n) is 11.8. The van der Waals surface area contributed by atoms with Crippen molar-refractivity contribution in [3.05, 3.63) is 76.7 Å². The smallest absolute Gasteiger partial charge is 0.278 e. The largest absolute Gasteiger partial charge is 0.355 e. The predicted octanol–water partition coefficient (Wildman–Crippen LogP) is 5.80. The number of hydrogen-bond acceptors (Lipinski definition) is 4. The van der Waals surface area contributed by atoms with Crippen molar-refractivity contribution in [1.82, 2.24) is 14.5 Å². The molecule has 1 aliphatic rings. The maximum Gasteiger partial charge on any atom is 0.278 e. The fraction of sp³-hybridized carbons (Fsp3) is 0.296. The molecule has 34 heavy (non-hydrogen) atoms. The topological polar surface area (TPSA) is 79.8 Å². The second kappa shape index (κ2) is 9.89. The number of H-pyrrole nitrogens is 1. The first kappa shape index (κ1) is 22.5. The quantitative estimate of drug-likeness (QED) is 0.238. The van der Waals surface area contributed by atoms with Crippen LogP contribution in [0.1, 0.15) is 44.2 Å². The normalized spacial score (nSPS) is 13.3. The van der Waals surface area contributed by atoms with Gasteiger partial charge in [-0.3, -0.25) is 14.2 Å². The van der Waals surface area contributed by atoms with Crippen molar-refractivity contribution in [2.45, 2.75) is 50.2 Å². The van der Waals surface area contributed by atoms with Gasteiger partial charge in [-0.15, -0.1) is 0 Å². The van der Waals surface area contributed by atoms with Crippen LogP contribution in [0.4, 0.5) is 5.69 Å². The summed E-state index contributed by atoms with van der Waals surface area (Å²) in [6.45, 7) is 2.18. The van der Waals surface area contributed by atoms with Gasteiger partial charge in [0.15, 0.2) is 5.16 Å². The number of carbonyl (C=O) groups is 1. The van der Waals surface area contributed by atoms with Gasteiger partial charge in [-0.1, -0.05) is 67.6 Å². The molecule has 1 amide bonds. The highest BCUT2D eigenvalue weighted by molar-refractivity contribution is 7.99. The zero-order valence-electron chi connectivity index (χ0n) is 19.2. The average molecular weight is 473 g/mol. The van der Waals surface area contributed by atoms with E-state index < -0.39 is 0 Å². The number of thioether (sulfide) groups is 1. The molecule has 7 heteroatoms. The number of anilines is 1. The summed E-state index contributed by atoms with van der Waals surface area (Å²) in [6.07, 6.45) is 7.15. The Morgan fingerprint density at radius 2 is 1.91 bits per heavy atom. The predicted molar refractivity (Wildman–Crippen MR) is 138 cm³/mol. The van der Waals surface area contributed by atoms with Gasteiger partial charge in [-0.25, -0.2) is 4.98 Å². The van der Waals surface area contributed by atoms with Crippen LogP contribution in [0.5, 0.6) is 0 Å². The molecule has 174 valence electrons. The van der Waals surface area contributed by atoms with Gasteiger partial charge in [0.2, 0.25) is 5.91 Å². The van der Waals surface area contributed by atoms with Gasteiger partial charge in [0, 0.05) is 23.5 Å². The molecule has 0 bridgehead atoms. The number of nitrogens with one attached hydrogen (secondary N) is 2. The summed E-state index contributed by atoms with van der Waals surface area (Å²) in [6, 6.07) is 18.1. The Bertz CT molecular complexity index is 1360. The zero-order chi connectivity index (χ0) is 23.5. The second-order valence-electron chi connectivity index (χ2n) is 8.73. The van der Waals surface area contributed by atoms with Crippen LogP contribution in [0.25, 0.3) is 22.2 Å². The minimum absolute atomic E-state index is 0.0692. The molecule has 0 saturated heterocycles. The van der Waals surface area contributed by atoms with E-state index in [9.17, 15) is 9.59 Å². The van der Waals surface area contributed by atoms with Gasteiger partial charge < -0.3 is 10.3 Å². The third-order valence-corrected chi connectivity index (χ3v) is 7.04. The van der Waals surface area contributed by atoms with Crippen molar-refractivity contribution >= 4 is 34.4 Å². The first-order valence-corrected chi connectivity index (χ1v) is 12.8. The number of benzene rings is 2. The molecule has 2 heterocycles. The Balaban J connectivity index is 1.36. The van der Waals surface area contributed by atoms with Crippen LogP contribution in [0, 0.1) is 0 Å². The molecule has 5 rings (SSSR count). The molecule has 1 saturated carbocycles. The number of aromatic amines is 1. The second-order valence-corrected chi connectivity index (χ2v) is 9.67. The van der Waals surface area contributed by atoms with E-state index in [4.69, 9.17) is 4.98 Å². The lowest BCUT2D eigenvalue weighted by molar-refractivity contribution is -0.113. The fourth-order valence-corrected chi connectivity index (χ4v) is 4.97. The maximum absolute atomic E-state index is 13.3. The lowest BCUT2D eigenvalue weighted by Crippen LogP contribution is -2.23. The summed E-state index contributed by atoms with van der Waals surface area (Å²) in [5, 5.41) is 3.56. The van der Waals surface area contributed by atoms with Gasteiger partial charge in [-0.05, 0) is 48.9 Å². The summed E-state index contributed by atoms with van der Waals surface area (Å²) in [7, 11) is 0. The van der Waals surface area contributed by atoms with Gasteiger partial charge in [0.05, 0.1) is 5.75 Å². The van der Waals surface area contributed by atoms with Crippen LogP contribution in [0.15, 0.2) is 70.7 Å². The van der Waals surface area contributed by atoms with Crippen LogP contribution < -0.4 is 10.9 Å². The van der Waals surface area contributed by atoms with Gasteiger partial charge >= 0.3 is 0 Å². The van der Waals surface area contributed by atoms with E-state index in [-0.39, 0.29) is 23.3 Å². The third-order valence-electron chi connectivity index (χ3n) is 6.08. The van der Waals surface area contributed by atoms with Crippen LogP contribution in [-0.4, -0.2) is 26.2 Å². The highest BCUT2D eigenvalue weighted by Crippen LogP contribution is 2.37. The van der Waals surface area contributed by atoms with Crippen molar-refractivity contribution < 1.29 is 4.79 Å². The summed E-state index contributed by atoms with van der Waals surface area (Å²) in [4.78, 5) is 34.0. The Kier molecular flexibility index (Phi) is 6.54. The van der Waals surface area contributed by atoms with Gasteiger partial charge in [0.25, 0.3) is 5.56 Å². The summed E-state index contributed by atoms with van der Waals surface area (Å²) in [5.41, 5.74) is 5.06. The highest BCUT2D eigenvalue weighted by Gasteiger charge is 2.29. The minimum atomic E-state index is -0.111. The molecule has 6 nitrogen and oxygen atoms in total. The number of unbranched alkanes of at least 4 members (excludes halogenated alkanes) is 1. The summed E-state index contributed by atoms with van der Waals surface area (Å²) >= 11 is 1.32. The number of rotatable bonds is 9. The van der Waals surface area contributed by atoms with E-state index in [1.54, 1.807) is 4.57 Å². The maximum atomic E-state index is 13.3. The molecular formula is C27H28N4O2S. The Morgan fingerprint density at radius 1 is 1.15 bits per heavy atom. The first-order chi connectivity index (χ1) is 16.6. The number of carbonyl (C=O) groups excluding carboxylic acids is 1. The molecule has 0 spiro atoms. The summed E-state index contributed by atoms with van der Waals surface area (Å²) in [5.74, 6) is 0.0771. The molecule has 4 aromatic rings. The molecule has 2 aromatic heterocycles. The van der Waals surface area contributed by atoms with E-state index in [0.29, 0.717) is 16.2 Å². The van der Waals surface area contributed by atoms with E-state index >= 15 is 0 Å². The van der Waals surface area contributed by atoms with Crippen molar-refractivity contribution in [3.8, 4) is 11.1 Å². The molecule has 2 aromatic carbocycles. The van der Waals surface area contributed by atoms with Crippen LogP contribution in [-0.2, 0) is 11.2 Å². The number of aryl methyl sites for hydroxylation is 1. The highest BCUT2D eigenvalue weighted by atomic mass is 32.2. The number of amides is 1. The molecular weight excluding hydrogens is 444 g/mol. The van der Waals surface area contributed by atoms with Crippen LogP contribution >= 0.6 is 11.8 Å². The van der Waals surface area contributed by atoms with E-state index in [1.165, 1.54) is 17.3 Å². The van der Waals surface area contributed by atoms with E-state index in [2.05, 4.69) is 29.4 Å². The Morgan fingerprint density at radius 3 is 2.62 bits per heavy atom. The van der Waals surface area contributed by atoms with Gasteiger partial charge in [0.1, 0.15) is 11.0 Å². The third kappa shape index (κ3) is 4.80. The lowest BCUT2D eigenvalue weighted by atomic mass is 10.1. The van der Waals surface area contributed by atoms with Crippen molar-refractivity contribution in [2.75, 3.05) is 11.1 Å². The standard InChI is InChI=1S/C27H28N4O2S/c1-2-3-7-18-10-12-20(13-11-18)29-23(32)17-34-27-30-24-22(19-8-5-4-6-9-19)16-28-25(24)26(33)31(27)21-14-15-21/h4-6,8-13,16,21,28H,2-3,7,14-15,17H2,1H3,(H,29,32). The van der Waals surface area contributed by atoms with Gasteiger partial charge in [-0.2, -0.15) is 0 Å². The SMILES string of the molecule is CCCCc1ccc(NC(=O)CSc2nc3c(-c4ccccc4)c[nH]c3c(=O)n2C2CC2)cc1. The molecule has 2 N–H and O–H groups in total. The Hall–Kier alpha value is -3.32. The molecule has 0 unspecified atom stereocenters. The molecule has 1 aliphatic carbocycles. The molecule has 0 aliphatic heterocycles. The van der Waals surface area contributed by atoms with E-state index in [1.807, 2.05) is 48.7 Å². The number of nitrogens with zero attached hydrogens (tertiary/aromatic N) is 2. The molecule has 1 fully saturated rings. The van der Waals surface area contributed by atoms with Crippen LogP contribution in [0.2, 0.25) is 0 Å². The van der Waals surface area contributed by atoms with Crippen LogP contribution in [0.3, 0.4) is 0 Å². The minimum Gasteiger partial charge on any atom is -0.355 e. The number of aromatic nitrogens is 3. The number of hydrogen-bond donors (Lipinski definition) is 2.